The molecular weight excluding hydrogens is 1290 g/mol. The Labute approximate surface area is 561 Å². The van der Waals surface area contributed by atoms with Crippen LogP contribution >= 0.6 is 0 Å². The van der Waals surface area contributed by atoms with Crippen LogP contribution in [0, 0.1) is 0 Å². The van der Waals surface area contributed by atoms with Crippen LogP contribution in [0.5, 0.6) is 0 Å². The highest BCUT2D eigenvalue weighted by atomic mass is 32.2. The number of aromatic nitrogens is 4. The van der Waals surface area contributed by atoms with E-state index >= 15 is 0 Å². The van der Waals surface area contributed by atoms with E-state index in [2.05, 4.69) is 73.1 Å². The molecule has 4 heterocycles. The van der Waals surface area contributed by atoms with Crippen molar-refractivity contribution in [3.8, 4) is 0 Å². The van der Waals surface area contributed by atoms with Crippen LogP contribution in [0.2, 0.25) is 0 Å². The predicted molar refractivity (Wildman–Crippen MR) is 390 cm³/mol. The number of nitrogens with zero attached hydrogens (tertiary/aromatic N) is 7. The van der Waals surface area contributed by atoms with E-state index in [-0.39, 0.29) is 19.6 Å². The normalized spacial score (nSPS) is 11.5. The van der Waals surface area contributed by atoms with Gasteiger partial charge in [0.15, 0.2) is 0 Å². The van der Waals surface area contributed by atoms with Gasteiger partial charge in [-0.05, 0) is 125 Å². The lowest BCUT2D eigenvalue weighted by molar-refractivity contribution is 0.425. The Morgan fingerprint density at radius 3 is 0.969 bits per heavy atom. The number of hydrogen-bond acceptors (Lipinski definition) is 17. The zero-order valence-corrected chi connectivity index (χ0v) is 57.2. The van der Waals surface area contributed by atoms with Crippen LogP contribution < -0.4 is 39.3 Å². The third-order valence-electron chi connectivity index (χ3n) is 15.0. The molecule has 96 heavy (non-hydrogen) atoms. The number of para-hydroxylation sites is 4. The Balaban J connectivity index is 0.000000150. The van der Waals surface area contributed by atoms with E-state index in [9.17, 15) is 33.7 Å². The summed E-state index contributed by atoms with van der Waals surface area (Å²) in [7, 11) is -4.86. The highest BCUT2D eigenvalue weighted by Crippen LogP contribution is 2.34. The van der Waals surface area contributed by atoms with Crippen molar-refractivity contribution in [2.45, 2.75) is 33.4 Å². The molecule has 0 fully saturated rings. The molecule has 0 unspecified atom stereocenters. The van der Waals surface area contributed by atoms with Crippen molar-refractivity contribution in [1.29, 1.82) is 0 Å². The molecule has 8 aromatic carbocycles. The fraction of sp³-hybridized carbons (Fsp3) is 0.155. The van der Waals surface area contributed by atoms with Crippen LogP contribution in [0.25, 0.3) is 43.6 Å². The SMILES string of the molecule is CCN(CC)c1ccnc2c(NS(=O)(=O)c3ccccc3)cccc12.CN(C)CCNc1ccnc2c(NS(=O)(=O)c3ccccc3)cccc12.CN(C)c1ccnc2c(NS(=O)(=O)c3ccccc3)cccc12.CNc1ccnc2c(NS(=O)(=O)c3ccccc3)cccc12. The summed E-state index contributed by atoms with van der Waals surface area (Å²) in [5, 5.41) is 10.0. The molecule has 12 aromatic rings. The number of sulfonamides is 4. The Morgan fingerprint density at radius 1 is 0.333 bits per heavy atom. The number of fused-ring (bicyclic) bond motifs is 4. The lowest BCUT2D eigenvalue weighted by Crippen LogP contribution is -2.22. The average Bonchev–Trinajstić information content (AvgIpc) is 0.808. The van der Waals surface area contributed by atoms with Crippen molar-refractivity contribution in [2.75, 3.05) is 101 Å². The quantitative estimate of drug-likeness (QED) is 0.0390. The molecule has 0 aliphatic rings. The molecule has 0 aliphatic carbocycles. The van der Waals surface area contributed by atoms with Gasteiger partial charge < -0.3 is 25.3 Å². The Bertz CT molecular complexity index is 5090. The van der Waals surface area contributed by atoms with Gasteiger partial charge in [0, 0.05) is 116 Å². The summed E-state index contributed by atoms with van der Waals surface area (Å²) in [6, 6.07) is 62.7. The molecule has 0 spiro atoms. The Morgan fingerprint density at radius 2 is 0.635 bits per heavy atom. The minimum absolute atomic E-state index is 0.219. The summed E-state index contributed by atoms with van der Waals surface area (Å²) in [6.07, 6.45) is 6.73. The van der Waals surface area contributed by atoms with Crippen molar-refractivity contribution in [1.82, 2.24) is 24.8 Å². The summed E-state index contributed by atoms with van der Waals surface area (Å²) in [6.45, 7) is 7.61. The molecule has 0 aliphatic heterocycles. The second-order valence-corrected chi connectivity index (χ2v) is 28.6. The number of likely N-dealkylation sites (N-methyl/N-ethyl adjacent to an activating group) is 1. The largest absolute Gasteiger partial charge is 0.388 e. The fourth-order valence-electron chi connectivity index (χ4n) is 10.2. The molecule has 21 nitrogen and oxygen atoms in total. The van der Waals surface area contributed by atoms with E-state index in [0.29, 0.717) is 44.8 Å². The second kappa shape index (κ2) is 31.7. The van der Waals surface area contributed by atoms with Crippen LogP contribution in [0.15, 0.2) is 263 Å². The molecule has 496 valence electrons. The monoisotopic (exact) mass is 1370 g/mol. The van der Waals surface area contributed by atoms with E-state index < -0.39 is 40.1 Å². The fourth-order valence-corrected chi connectivity index (χ4v) is 14.6. The van der Waals surface area contributed by atoms with E-state index in [1.54, 1.807) is 176 Å². The molecule has 0 amide bonds. The number of pyridine rings is 4. The predicted octanol–water partition coefficient (Wildman–Crippen LogP) is 13.1. The number of benzene rings is 8. The maximum absolute atomic E-state index is 12.6. The first-order chi connectivity index (χ1) is 46.1. The van der Waals surface area contributed by atoms with Gasteiger partial charge in [0.2, 0.25) is 0 Å². The Kier molecular flexibility index (Phi) is 23.0. The maximum Gasteiger partial charge on any atom is 0.261 e. The van der Waals surface area contributed by atoms with Gasteiger partial charge in [-0.3, -0.25) is 38.8 Å². The summed E-state index contributed by atoms with van der Waals surface area (Å²) in [4.78, 5) is 24.6. The molecule has 0 atom stereocenters. The summed E-state index contributed by atoms with van der Waals surface area (Å²) in [5.74, 6) is 0. The lowest BCUT2D eigenvalue weighted by atomic mass is 10.1. The van der Waals surface area contributed by atoms with Gasteiger partial charge in [-0.1, -0.05) is 121 Å². The Hall–Kier alpha value is -10.4. The minimum atomic E-state index is -3.66. The second-order valence-electron chi connectivity index (χ2n) is 21.9. The molecule has 12 rings (SSSR count). The first-order valence-electron chi connectivity index (χ1n) is 30.5. The molecule has 4 aromatic heterocycles. The number of hydrogen-bond donors (Lipinski definition) is 6. The van der Waals surface area contributed by atoms with Crippen LogP contribution in [0.3, 0.4) is 0 Å². The van der Waals surface area contributed by atoms with Crippen LogP contribution in [0.1, 0.15) is 13.8 Å². The van der Waals surface area contributed by atoms with Crippen LogP contribution in [0.4, 0.5) is 45.5 Å². The molecule has 6 N–H and O–H groups in total. The van der Waals surface area contributed by atoms with Crippen molar-refractivity contribution < 1.29 is 33.7 Å². The van der Waals surface area contributed by atoms with Crippen molar-refractivity contribution >= 4 is 129 Å². The molecule has 0 saturated carbocycles. The van der Waals surface area contributed by atoms with Crippen LogP contribution in [-0.4, -0.2) is 120 Å². The molecule has 0 radical (unpaired) electrons. The first-order valence-corrected chi connectivity index (χ1v) is 36.4. The average molecular weight is 1370 g/mol. The van der Waals surface area contributed by atoms with Crippen molar-refractivity contribution in [2.24, 2.45) is 0 Å². The standard InChI is InChI=1S/C19H22N4O2S.C19H21N3O2S.C17H17N3O2S.C16H15N3O2S/c1-23(2)14-13-20-17-11-12-21-19-16(17)9-6-10-18(19)22-26(24,25)15-7-4-3-5-8-15;1-3-22(4-2)18-13-14-20-19-16(18)11-8-12-17(19)21-25(23,24)15-9-6-5-7-10-15;1-20(2)16-11-12-18-17-14(16)9-6-10-15(17)19-23(21,22)13-7-4-3-5-8-13;1-17-14-10-11-18-16-13(14)8-5-9-15(16)19-22(20,21)12-6-3-2-4-7-12/h3-12,22H,13-14H2,1-2H3,(H,20,21);5-14,21H,3-4H2,1-2H3;3-12,19H,1-2H3;2-11,19H,1H3,(H,17,18). The summed E-state index contributed by atoms with van der Waals surface area (Å²) < 4.78 is 111. The number of anilines is 8. The van der Waals surface area contributed by atoms with E-state index in [0.717, 1.165) is 70.5 Å². The highest BCUT2D eigenvalue weighted by molar-refractivity contribution is 7.93. The van der Waals surface area contributed by atoms with Crippen LogP contribution in [-0.2, 0) is 40.1 Å². The zero-order chi connectivity index (χ0) is 68.5. The number of rotatable bonds is 21. The van der Waals surface area contributed by atoms with Gasteiger partial charge in [0.05, 0.1) is 64.4 Å². The molecule has 0 bridgehead atoms. The smallest absolute Gasteiger partial charge is 0.261 e. The zero-order valence-electron chi connectivity index (χ0n) is 54.0. The van der Waals surface area contributed by atoms with Gasteiger partial charge in [-0.25, -0.2) is 33.7 Å². The van der Waals surface area contributed by atoms with Crippen molar-refractivity contribution in [3.05, 3.63) is 243 Å². The summed E-state index contributed by atoms with van der Waals surface area (Å²) >= 11 is 0. The van der Waals surface area contributed by atoms with Gasteiger partial charge in [-0.15, -0.1) is 0 Å². The van der Waals surface area contributed by atoms with E-state index in [1.807, 2.05) is 107 Å². The van der Waals surface area contributed by atoms with Gasteiger partial charge >= 0.3 is 0 Å². The minimum Gasteiger partial charge on any atom is -0.388 e. The van der Waals surface area contributed by atoms with E-state index in [1.165, 1.54) is 0 Å². The van der Waals surface area contributed by atoms with E-state index in [4.69, 9.17) is 0 Å². The number of nitrogens with one attached hydrogen (secondary N) is 6. The van der Waals surface area contributed by atoms with Gasteiger partial charge in [0.1, 0.15) is 0 Å². The molecule has 0 saturated heterocycles. The topological polar surface area (TPSA) is 270 Å². The maximum atomic E-state index is 12.6. The third kappa shape index (κ3) is 17.3. The third-order valence-corrected chi connectivity index (χ3v) is 20.5. The molecule has 25 heteroatoms. The highest BCUT2D eigenvalue weighted by Gasteiger charge is 2.21. The summed E-state index contributed by atoms with van der Waals surface area (Å²) in [5.41, 5.74) is 8.21. The molecular formula is C71H75N13O8S4. The first kappa shape index (κ1) is 69.9. The van der Waals surface area contributed by atoms with Gasteiger partial charge in [0.25, 0.3) is 40.1 Å². The van der Waals surface area contributed by atoms with Crippen molar-refractivity contribution in [3.63, 3.8) is 0 Å². The van der Waals surface area contributed by atoms with Gasteiger partial charge in [-0.2, -0.15) is 0 Å². The lowest BCUT2D eigenvalue weighted by Gasteiger charge is -2.23.